The predicted molar refractivity (Wildman–Crippen MR) is 85.2 cm³/mol. The van der Waals surface area contributed by atoms with E-state index in [0.717, 1.165) is 18.1 Å². The molecule has 0 saturated heterocycles. The van der Waals surface area contributed by atoms with Crippen LogP contribution in [0.15, 0.2) is 6.07 Å². The Morgan fingerprint density at radius 2 is 1.80 bits per heavy atom. The third-order valence-corrected chi connectivity index (χ3v) is 4.16. The molecule has 1 saturated carbocycles. The van der Waals surface area contributed by atoms with Gasteiger partial charge < -0.3 is 5.32 Å². The molecule has 0 unspecified atom stereocenters. The van der Waals surface area contributed by atoms with Gasteiger partial charge in [-0.2, -0.15) is 0 Å². The summed E-state index contributed by atoms with van der Waals surface area (Å²) >= 11 is 6.07. The highest BCUT2D eigenvalue weighted by atomic mass is 35.5. The molecule has 1 aromatic rings. The molecular weight excluding hydrogens is 270 g/mol. The van der Waals surface area contributed by atoms with Crippen LogP contribution in [0.5, 0.6) is 0 Å². The van der Waals surface area contributed by atoms with E-state index < -0.39 is 0 Å². The normalized spacial score (nSPS) is 21.7. The minimum Gasteiger partial charge on any atom is -0.367 e. The first-order valence-corrected chi connectivity index (χ1v) is 7.87. The summed E-state index contributed by atoms with van der Waals surface area (Å²) in [4.78, 5) is 8.75. The highest BCUT2D eigenvalue weighted by Crippen LogP contribution is 2.46. The molecule has 0 aromatic carbocycles. The minimum atomic E-state index is 0.365. The van der Waals surface area contributed by atoms with E-state index in [4.69, 9.17) is 11.6 Å². The van der Waals surface area contributed by atoms with Crippen LogP contribution in [0.25, 0.3) is 0 Å². The van der Waals surface area contributed by atoms with Crippen LogP contribution in [0.4, 0.5) is 5.82 Å². The first-order chi connectivity index (χ1) is 9.19. The first-order valence-electron chi connectivity index (χ1n) is 7.49. The highest BCUT2D eigenvalue weighted by molar-refractivity contribution is 6.29. The molecule has 1 aromatic heterocycles. The predicted octanol–water partition coefficient (Wildman–Crippen LogP) is 4.71. The summed E-state index contributed by atoms with van der Waals surface area (Å²) < 4.78 is 0. The van der Waals surface area contributed by atoms with Crippen LogP contribution in [0.3, 0.4) is 0 Å². The zero-order chi connectivity index (χ0) is 15.0. The molecular formula is C16H26ClN3. The lowest BCUT2D eigenvalue weighted by Gasteiger charge is -2.45. The van der Waals surface area contributed by atoms with Gasteiger partial charge in [0.15, 0.2) is 0 Å². The van der Waals surface area contributed by atoms with Crippen molar-refractivity contribution in [3.8, 4) is 0 Å². The third kappa shape index (κ3) is 4.08. The smallest absolute Gasteiger partial charge is 0.134 e. The number of rotatable bonds is 3. The van der Waals surface area contributed by atoms with Gasteiger partial charge in [-0.25, -0.2) is 9.97 Å². The summed E-state index contributed by atoms with van der Waals surface area (Å²) in [5.41, 5.74) is 0.730. The molecule has 3 nitrogen and oxygen atoms in total. The van der Waals surface area contributed by atoms with Gasteiger partial charge in [0.1, 0.15) is 16.8 Å². The van der Waals surface area contributed by atoms with Gasteiger partial charge in [0, 0.05) is 18.5 Å². The topological polar surface area (TPSA) is 37.8 Å². The number of aromatic nitrogens is 2. The van der Waals surface area contributed by atoms with Crippen LogP contribution in [-0.4, -0.2) is 16.0 Å². The van der Waals surface area contributed by atoms with E-state index in [1.165, 1.54) is 19.3 Å². The fraction of sp³-hybridized carbons (Fsp3) is 0.750. The number of aryl methyl sites for hydroxylation is 1. The lowest BCUT2D eigenvalue weighted by Crippen LogP contribution is -2.40. The van der Waals surface area contributed by atoms with Crippen molar-refractivity contribution in [3.63, 3.8) is 0 Å². The lowest BCUT2D eigenvalue weighted by molar-refractivity contribution is 0.105. The van der Waals surface area contributed by atoms with Crippen molar-refractivity contribution >= 4 is 17.4 Å². The van der Waals surface area contributed by atoms with Crippen molar-refractivity contribution < 1.29 is 0 Å². The molecule has 2 rings (SSSR count). The van der Waals surface area contributed by atoms with Gasteiger partial charge in [-0.1, -0.05) is 46.2 Å². The summed E-state index contributed by atoms with van der Waals surface area (Å²) in [6.45, 7) is 11.5. The van der Waals surface area contributed by atoms with Gasteiger partial charge in [-0.3, -0.25) is 0 Å². The molecule has 0 atom stereocenters. The van der Waals surface area contributed by atoms with Gasteiger partial charge in [0.2, 0.25) is 0 Å². The number of halogens is 1. The second-order valence-corrected chi connectivity index (χ2v) is 7.99. The van der Waals surface area contributed by atoms with Crippen molar-refractivity contribution in [3.05, 3.63) is 17.0 Å². The van der Waals surface area contributed by atoms with Crippen LogP contribution in [0.1, 0.15) is 59.7 Å². The Labute approximate surface area is 127 Å². The van der Waals surface area contributed by atoms with Crippen LogP contribution in [-0.2, 0) is 6.42 Å². The average Bonchev–Trinajstić information content (AvgIpc) is 2.23. The minimum absolute atomic E-state index is 0.365. The molecule has 20 heavy (non-hydrogen) atoms. The fourth-order valence-corrected chi connectivity index (χ4v) is 4.05. The zero-order valence-electron chi connectivity index (χ0n) is 13.3. The standard InChI is InChI=1S/C16H26ClN3/c1-6-13-19-12(17)7-14(20-13)18-11-8-15(2,3)10-16(4,5)9-11/h7,11H,6,8-10H2,1-5H3,(H,18,19,20). The van der Waals surface area contributed by atoms with Crippen molar-refractivity contribution in [2.75, 3.05) is 5.32 Å². The van der Waals surface area contributed by atoms with Crippen molar-refractivity contribution in [1.82, 2.24) is 9.97 Å². The van der Waals surface area contributed by atoms with Gasteiger partial charge in [-0.15, -0.1) is 0 Å². The highest BCUT2D eigenvalue weighted by Gasteiger charge is 2.38. The number of hydrogen-bond acceptors (Lipinski definition) is 3. The van der Waals surface area contributed by atoms with E-state index in [1.807, 2.05) is 13.0 Å². The van der Waals surface area contributed by atoms with E-state index in [2.05, 4.69) is 43.0 Å². The average molecular weight is 296 g/mol. The molecule has 4 heteroatoms. The van der Waals surface area contributed by atoms with Gasteiger partial charge in [-0.05, 0) is 30.1 Å². The summed E-state index contributed by atoms with van der Waals surface area (Å²) in [6.07, 6.45) is 4.40. The maximum Gasteiger partial charge on any atom is 0.134 e. The van der Waals surface area contributed by atoms with Gasteiger partial charge in [0.05, 0.1) is 0 Å². The van der Waals surface area contributed by atoms with Gasteiger partial charge in [0.25, 0.3) is 0 Å². The van der Waals surface area contributed by atoms with Crippen molar-refractivity contribution in [2.24, 2.45) is 10.8 Å². The SMILES string of the molecule is CCc1nc(Cl)cc(NC2CC(C)(C)CC(C)(C)C2)n1. The second-order valence-electron chi connectivity index (χ2n) is 7.60. The molecule has 1 aliphatic carbocycles. The third-order valence-electron chi connectivity index (χ3n) is 3.96. The molecule has 1 N–H and O–H groups in total. The van der Waals surface area contributed by atoms with E-state index in [0.29, 0.717) is 22.0 Å². The number of nitrogens with one attached hydrogen (secondary N) is 1. The Bertz CT molecular complexity index is 467. The lowest BCUT2D eigenvalue weighted by atomic mass is 9.63. The summed E-state index contributed by atoms with van der Waals surface area (Å²) in [5.74, 6) is 1.66. The Kier molecular flexibility index (Phi) is 4.29. The maximum absolute atomic E-state index is 6.07. The van der Waals surface area contributed by atoms with E-state index in [9.17, 15) is 0 Å². The molecule has 1 heterocycles. The number of hydrogen-bond donors (Lipinski definition) is 1. The molecule has 1 aliphatic rings. The summed E-state index contributed by atoms with van der Waals surface area (Å²) in [6, 6.07) is 2.28. The van der Waals surface area contributed by atoms with Crippen LogP contribution >= 0.6 is 11.6 Å². The van der Waals surface area contributed by atoms with E-state index >= 15 is 0 Å². The van der Waals surface area contributed by atoms with Gasteiger partial charge >= 0.3 is 0 Å². The van der Waals surface area contributed by atoms with Crippen LogP contribution in [0.2, 0.25) is 5.15 Å². The largest absolute Gasteiger partial charge is 0.367 e. The van der Waals surface area contributed by atoms with E-state index in [1.54, 1.807) is 0 Å². The molecule has 0 aliphatic heterocycles. The Morgan fingerprint density at radius 1 is 1.20 bits per heavy atom. The number of nitrogens with zero attached hydrogens (tertiary/aromatic N) is 2. The van der Waals surface area contributed by atoms with E-state index in [-0.39, 0.29) is 0 Å². The Morgan fingerprint density at radius 3 is 2.35 bits per heavy atom. The van der Waals surface area contributed by atoms with Crippen molar-refractivity contribution in [1.29, 1.82) is 0 Å². The molecule has 1 fully saturated rings. The Balaban J connectivity index is 2.15. The zero-order valence-corrected chi connectivity index (χ0v) is 14.0. The molecule has 0 spiro atoms. The molecule has 112 valence electrons. The fourth-order valence-electron chi connectivity index (χ4n) is 3.85. The van der Waals surface area contributed by atoms with Crippen LogP contribution in [0, 0.1) is 10.8 Å². The molecule has 0 radical (unpaired) electrons. The van der Waals surface area contributed by atoms with Crippen LogP contribution < -0.4 is 5.32 Å². The monoisotopic (exact) mass is 295 g/mol. The van der Waals surface area contributed by atoms with Crippen molar-refractivity contribution in [2.45, 2.75) is 66.3 Å². The second kappa shape index (κ2) is 5.51. The molecule has 0 bridgehead atoms. The first kappa shape index (κ1) is 15.6. The summed E-state index contributed by atoms with van der Waals surface area (Å²) in [7, 11) is 0. The Hall–Kier alpha value is -0.830. The number of anilines is 1. The summed E-state index contributed by atoms with van der Waals surface area (Å²) in [5, 5.41) is 4.09. The molecule has 0 amide bonds. The maximum atomic E-state index is 6.07. The quantitative estimate of drug-likeness (QED) is 0.821.